The van der Waals surface area contributed by atoms with Crippen LogP contribution >= 0.6 is 0 Å². The Bertz CT molecular complexity index is 1260. The fourth-order valence-corrected chi connectivity index (χ4v) is 5.49. The summed E-state index contributed by atoms with van der Waals surface area (Å²) in [5, 5.41) is 10.3. The van der Waals surface area contributed by atoms with Crippen LogP contribution in [0.4, 0.5) is 5.69 Å². The quantitative estimate of drug-likeness (QED) is 0.0655. The second-order valence-electron chi connectivity index (χ2n) is 10.2. The van der Waals surface area contributed by atoms with Crippen molar-refractivity contribution in [1.29, 1.82) is 0 Å². The number of benzene rings is 4. The second kappa shape index (κ2) is 16.5. The van der Waals surface area contributed by atoms with Crippen LogP contribution in [0.1, 0.15) is 48.9 Å². The van der Waals surface area contributed by atoms with Gasteiger partial charge < -0.3 is 19.2 Å². The van der Waals surface area contributed by atoms with Crippen LogP contribution in [0, 0.1) is 0 Å². The molecule has 0 unspecified atom stereocenters. The Morgan fingerprint density at radius 1 is 0.690 bits per heavy atom. The van der Waals surface area contributed by atoms with Gasteiger partial charge in [0.2, 0.25) is 0 Å². The molecular formula is C37H42BNO3. The summed E-state index contributed by atoms with van der Waals surface area (Å²) in [6.07, 6.45) is 9.36. The number of rotatable bonds is 16. The molecule has 4 rings (SSSR count). The van der Waals surface area contributed by atoms with E-state index >= 15 is 0 Å². The minimum atomic E-state index is -1.27. The molecule has 5 heteroatoms. The highest BCUT2D eigenvalue weighted by Crippen LogP contribution is 2.43. The number of hydrogen-bond donors (Lipinski definition) is 1. The third kappa shape index (κ3) is 8.33. The molecule has 0 aliphatic carbocycles. The molecule has 216 valence electrons. The summed E-state index contributed by atoms with van der Waals surface area (Å²) in [6.45, 7) is 6.97. The molecule has 0 aromatic heterocycles. The van der Waals surface area contributed by atoms with Crippen molar-refractivity contribution >= 4 is 19.1 Å². The Labute approximate surface area is 252 Å². The first kappa shape index (κ1) is 31.0. The van der Waals surface area contributed by atoms with Gasteiger partial charge in [0.1, 0.15) is 0 Å². The van der Waals surface area contributed by atoms with Gasteiger partial charge >= 0.3 is 7.32 Å². The molecule has 0 atom stereocenters. The monoisotopic (exact) mass is 559 g/mol. The van der Waals surface area contributed by atoms with E-state index in [1.54, 1.807) is 0 Å². The fraction of sp³-hybridized carbons (Fsp3) is 0.243. The molecule has 0 aliphatic rings. The zero-order chi connectivity index (χ0) is 29.5. The predicted octanol–water partition coefficient (Wildman–Crippen LogP) is 7.93. The molecule has 0 spiro atoms. The van der Waals surface area contributed by atoms with E-state index in [0.717, 1.165) is 31.5 Å². The molecule has 0 heterocycles. The minimum Gasteiger partial charge on any atom is -0.402 e. The Morgan fingerprint density at radius 2 is 1.21 bits per heavy atom. The molecule has 1 N–H and O–H groups in total. The van der Waals surface area contributed by atoms with E-state index in [4.69, 9.17) is 9.31 Å². The minimum absolute atomic E-state index is 0.258. The zero-order valence-corrected chi connectivity index (χ0v) is 24.8. The molecule has 4 nitrogen and oxygen atoms in total. The van der Waals surface area contributed by atoms with Crippen molar-refractivity contribution in [2.45, 2.75) is 32.1 Å². The summed E-state index contributed by atoms with van der Waals surface area (Å²) in [7, 11) is -1.27. The normalized spacial score (nSPS) is 11.8. The molecule has 0 radical (unpaired) electrons. The van der Waals surface area contributed by atoms with Crippen molar-refractivity contribution in [1.82, 2.24) is 0 Å². The van der Waals surface area contributed by atoms with E-state index in [-0.39, 0.29) is 12.0 Å². The van der Waals surface area contributed by atoms with E-state index < -0.39 is 7.32 Å². The second-order valence-corrected chi connectivity index (χ2v) is 10.2. The van der Waals surface area contributed by atoms with Crippen molar-refractivity contribution in [3.05, 3.63) is 156 Å². The number of allylic oxidation sites excluding steroid dienone is 2. The van der Waals surface area contributed by atoms with Gasteiger partial charge in [-0.15, -0.1) is 0 Å². The van der Waals surface area contributed by atoms with Crippen molar-refractivity contribution in [3.63, 3.8) is 0 Å². The molecule has 42 heavy (non-hydrogen) atoms. The van der Waals surface area contributed by atoms with Crippen LogP contribution in [0.3, 0.4) is 0 Å². The topological polar surface area (TPSA) is 41.9 Å². The zero-order valence-electron chi connectivity index (χ0n) is 24.8. The Balaban J connectivity index is 1.29. The lowest BCUT2D eigenvalue weighted by Crippen LogP contribution is -2.30. The van der Waals surface area contributed by atoms with E-state index in [2.05, 4.69) is 134 Å². The van der Waals surface area contributed by atoms with Crippen LogP contribution in [-0.2, 0) is 14.7 Å². The lowest BCUT2D eigenvalue weighted by atomic mass is 9.67. The van der Waals surface area contributed by atoms with Gasteiger partial charge in [-0.1, -0.05) is 127 Å². The molecule has 0 fully saturated rings. The van der Waals surface area contributed by atoms with Crippen molar-refractivity contribution in [3.8, 4) is 0 Å². The Morgan fingerprint density at radius 3 is 1.71 bits per heavy atom. The van der Waals surface area contributed by atoms with Gasteiger partial charge in [-0.05, 0) is 61.1 Å². The summed E-state index contributed by atoms with van der Waals surface area (Å²) >= 11 is 0. The van der Waals surface area contributed by atoms with Gasteiger partial charge in [-0.3, -0.25) is 0 Å². The summed E-state index contributed by atoms with van der Waals surface area (Å²) in [6, 6.07) is 40.4. The number of hydrogen-bond acceptors (Lipinski definition) is 4. The van der Waals surface area contributed by atoms with Gasteiger partial charge in [0.25, 0.3) is 0 Å². The fourth-order valence-electron chi connectivity index (χ4n) is 5.49. The third-order valence-corrected chi connectivity index (χ3v) is 7.65. The highest BCUT2D eigenvalue weighted by atomic mass is 16.7. The summed E-state index contributed by atoms with van der Waals surface area (Å²) < 4.78 is 11.1. The van der Waals surface area contributed by atoms with Crippen LogP contribution in [0.25, 0.3) is 6.08 Å². The van der Waals surface area contributed by atoms with Gasteiger partial charge in [0.15, 0.2) is 0 Å². The van der Waals surface area contributed by atoms with Gasteiger partial charge in [-0.2, -0.15) is 0 Å². The first-order valence-electron chi connectivity index (χ1n) is 14.9. The molecule has 0 saturated heterocycles. The van der Waals surface area contributed by atoms with Crippen molar-refractivity contribution in [2.24, 2.45) is 0 Å². The van der Waals surface area contributed by atoms with Crippen LogP contribution in [0.5, 0.6) is 0 Å². The number of nitrogens with zero attached hydrogens (tertiary/aromatic N) is 1. The lowest BCUT2D eigenvalue weighted by Gasteiger charge is -2.36. The molecule has 0 saturated carbocycles. The van der Waals surface area contributed by atoms with Crippen LogP contribution in [-0.4, -0.2) is 38.6 Å². The molecule has 4 aromatic carbocycles. The standard InChI is InChI=1S/C37H42BNO3/c1-3-39(4-2)36-27-25-32(26-28-36)18-9-8-16-30-41-38(40)42-31-17-29-37(33-19-10-5-11-20-33,34-21-12-6-13-22-34)35-23-14-7-15-24-35/h5-16,18-28,40H,3-4,17,29-31H2,1-2H3. The smallest absolute Gasteiger partial charge is 0.402 e. The van der Waals surface area contributed by atoms with E-state index in [1.165, 1.54) is 22.4 Å². The molecule has 0 bridgehead atoms. The SMILES string of the molecule is CCN(CC)c1ccc(C=CC=CCOB(O)OCCCC(c2ccccc2)(c2ccccc2)c2ccccc2)cc1. The average molecular weight is 560 g/mol. The maximum atomic E-state index is 10.3. The van der Waals surface area contributed by atoms with Gasteiger partial charge in [-0.25, -0.2) is 0 Å². The first-order valence-corrected chi connectivity index (χ1v) is 14.9. The van der Waals surface area contributed by atoms with Crippen molar-refractivity contribution < 1.29 is 14.3 Å². The van der Waals surface area contributed by atoms with Crippen LogP contribution in [0.2, 0.25) is 0 Å². The van der Waals surface area contributed by atoms with E-state index in [1.807, 2.05) is 24.3 Å². The van der Waals surface area contributed by atoms with E-state index in [9.17, 15) is 5.02 Å². The first-order chi connectivity index (χ1) is 20.7. The molecule has 0 aliphatic heterocycles. The van der Waals surface area contributed by atoms with Gasteiger partial charge in [0.05, 0.1) is 6.61 Å². The summed E-state index contributed by atoms with van der Waals surface area (Å²) in [4.78, 5) is 2.32. The molecule has 4 aromatic rings. The molecule has 0 amide bonds. The highest BCUT2D eigenvalue weighted by molar-refractivity contribution is 6.34. The van der Waals surface area contributed by atoms with Crippen molar-refractivity contribution in [2.75, 3.05) is 31.2 Å². The number of anilines is 1. The molecular weight excluding hydrogens is 517 g/mol. The lowest BCUT2D eigenvalue weighted by molar-refractivity contribution is 0.141. The van der Waals surface area contributed by atoms with Crippen LogP contribution in [0.15, 0.2) is 133 Å². The van der Waals surface area contributed by atoms with Gasteiger partial charge in [0, 0.05) is 30.8 Å². The summed E-state index contributed by atoms with van der Waals surface area (Å²) in [5.74, 6) is 0. The van der Waals surface area contributed by atoms with Crippen LogP contribution < -0.4 is 4.90 Å². The highest BCUT2D eigenvalue weighted by Gasteiger charge is 2.35. The Hall–Kier alpha value is -3.90. The maximum absolute atomic E-state index is 10.3. The Kier molecular flexibility index (Phi) is 12.2. The summed E-state index contributed by atoms with van der Waals surface area (Å²) in [5.41, 5.74) is 5.74. The predicted molar refractivity (Wildman–Crippen MR) is 176 cm³/mol. The maximum Gasteiger partial charge on any atom is 0.636 e. The third-order valence-electron chi connectivity index (χ3n) is 7.65. The largest absolute Gasteiger partial charge is 0.636 e. The average Bonchev–Trinajstić information content (AvgIpc) is 3.05. The van der Waals surface area contributed by atoms with E-state index in [0.29, 0.717) is 6.61 Å².